The lowest BCUT2D eigenvalue weighted by Crippen LogP contribution is -2.08. The first-order chi connectivity index (χ1) is 15.5. The molecular weight excluding hydrogens is 446 g/mol. The summed E-state index contributed by atoms with van der Waals surface area (Å²) in [5.74, 6) is 1.71. The minimum absolute atomic E-state index is 0.0855. The topological polar surface area (TPSA) is 87.3 Å². The van der Waals surface area contributed by atoms with Crippen molar-refractivity contribution < 1.29 is 18.8 Å². The summed E-state index contributed by atoms with van der Waals surface area (Å²) in [5.41, 5.74) is 3.91. The Morgan fingerprint density at radius 3 is 2.88 bits per heavy atom. The molecule has 0 atom stereocenters. The van der Waals surface area contributed by atoms with Crippen molar-refractivity contribution in [2.45, 2.75) is 31.2 Å². The van der Waals surface area contributed by atoms with Gasteiger partial charge in [0.05, 0.1) is 24.1 Å². The number of hydrogen-bond acceptors (Lipinski definition) is 9. The van der Waals surface area contributed by atoms with Crippen LogP contribution in [0, 0.1) is 13.8 Å². The molecular formula is C23H21N3O4S2. The Kier molecular flexibility index (Phi) is 6.87. The van der Waals surface area contributed by atoms with E-state index in [0.29, 0.717) is 22.0 Å². The lowest BCUT2D eigenvalue weighted by molar-refractivity contribution is 0.0463. The average molecular weight is 468 g/mol. The molecule has 0 fully saturated rings. The number of thioether (sulfide) groups is 1. The highest BCUT2D eigenvalue weighted by Crippen LogP contribution is 2.29. The molecule has 0 aliphatic rings. The van der Waals surface area contributed by atoms with Gasteiger partial charge in [-0.2, -0.15) is 0 Å². The largest absolute Gasteiger partial charge is 0.497 e. The predicted molar refractivity (Wildman–Crippen MR) is 123 cm³/mol. The lowest BCUT2D eigenvalue weighted by Gasteiger charge is -2.08. The highest BCUT2D eigenvalue weighted by atomic mass is 32.2. The molecule has 0 saturated carbocycles. The summed E-state index contributed by atoms with van der Waals surface area (Å²) < 4.78 is 16.0. The molecule has 4 rings (SSSR count). The minimum atomic E-state index is -0.435. The van der Waals surface area contributed by atoms with Gasteiger partial charge in [0.1, 0.15) is 28.2 Å². The van der Waals surface area contributed by atoms with Gasteiger partial charge in [-0.15, -0.1) is 23.1 Å². The highest BCUT2D eigenvalue weighted by Gasteiger charge is 2.17. The first-order valence-corrected chi connectivity index (χ1v) is 11.7. The summed E-state index contributed by atoms with van der Waals surface area (Å²) >= 11 is 2.94. The Bertz CT molecular complexity index is 1220. The maximum Gasteiger partial charge on any atom is 0.341 e. The van der Waals surface area contributed by atoms with E-state index in [1.807, 2.05) is 43.5 Å². The van der Waals surface area contributed by atoms with Crippen molar-refractivity contribution in [3.05, 3.63) is 76.3 Å². The Morgan fingerprint density at radius 1 is 1.22 bits per heavy atom. The highest BCUT2D eigenvalue weighted by molar-refractivity contribution is 7.98. The molecule has 4 aromatic rings. The summed E-state index contributed by atoms with van der Waals surface area (Å²) in [7, 11) is 1.63. The van der Waals surface area contributed by atoms with Crippen LogP contribution in [0.25, 0.3) is 10.6 Å². The monoisotopic (exact) mass is 467 g/mol. The van der Waals surface area contributed by atoms with Gasteiger partial charge in [0, 0.05) is 28.5 Å². The number of aryl methyl sites for hydroxylation is 2. The van der Waals surface area contributed by atoms with Gasteiger partial charge < -0.3 is 14.0 Å². The van der Waals surface area contributed by atoms with Crippen molar-refractivity contribution >= 4 is 29.1 Å². The molecule has 0 amide bonds. The number of thiazole rings is 1. The maximum absolute atomic E-state index is 12.7. The van der Waals surface area contributed by atoms with E-state index in [1.54, 1.807) is 25.4 Å². The fraction of sp³-hybridized carbons (Fsp3) is 0.217. The molecule has 0 aliphatic heterocycles. The van der Waals surface area contributed by atoms with E-state index in [4.69, 9.17) is 14.0 Å². The number of ether oxygens (including phenoxy) is 2. The van der Waals surface area contributed by atoms with E-state index >= 15 is 0 Å². The molecule has 0 bridgehead atoms. The average Bonchev–Trinajstić information content (AvgIpc) is 3.43. The third-order valence-electron chi connectivity index (χ3n) is 4.75. The third kappa shape index (κ3) is 5.00. The third-order valence-corrected chi connectivity index (χ3v) is 6.72. The Hall–Kier alpha value is -3.17. The van der Waals surface area contributed by atoms with E-state index in [-0.39, 0.29) is 6.61 Å². The quantitative estimate of drug-likeness (QED) is 0.249. The van der Waals surface area contributed by atoms with Crippen molar-refractivity contribution in [2.24, 2.45) is 0 Å². The summed E-state index contributed by atoms with van der Waals surface area (Å²) in [6.07, 6.45) is 1.66. The molecule has 0 saturated heterocycles. The van der Waals surface area contributed by atoms with Crippen LogP contribution in [0.2, 0.25) is 0 Å². The van der Waals surface area contributed by atoms with Crippen molar-refractivity contribution in [3.63, 3.8) is 0 Å². The Morgan fingerprint density at radius 2 is 2.09 bits per heavy atom. The number of methoxy groups -OCH3 is 1. The van der Waals surface area contributed by atoms with Crippen LogP contribution in [0.15, 0.2) is 57.5 Å². The molecule has 1 aromatic carbocycles. The van der Waals surface area contributed by atoms with Gasteiger partial charge in [0.2, 0.25) is 0 Å². The number of esters is 1. The van der Waals surface area contributed by atoms with Crippen molar-refractivity contribution in [1.82, 2.24) is 15.1 Å². The second-order valence-electron chi connectivity index (χ2n) is 6.90. The molecule has 7 nitrogen and oxygen atoms in total. The second-order valence-corrected chi connectivity index (χ2v) is 8.72. The van der Waals surface area contributed by atoms with Crippen LogP contribution in [-0.4, -0.2) is 28.2 Å². The molecule has 32 heavy (non-hydrogen) atoms. The number of hydrogen-bond donors (Lipinski definition) is 0. The van der Waals surface area contributed by atoms with Gasteiger partial charge in [-0.3, -0.25) is 0 Å². The SMILES string of the molecule is COc1cccc(-c2nc(COC(=O)c3cccnc3SCc3c(C)noc3C)cs2)c1. The number of aromatic nitrogens is 3. The van der Waals surface area contributed by atoms with Crippen molar-refractivity contribution in [2.75, 3.05) is 7.11 Å². The first-order valence-electron chi connectivity index (χ1n) is 9.80. The summed E-state index contributed by atoms with van der Waals surface area (Å²) in [5, 5.41) is 7.30. The minimum Gasteiger partial charge on any atom is -0.497 e. The molecule has 164 valence electrons. The summed E-state index contributed by atoms with van der Waals surface area (Å²) in [4.78, 5) is 21.7. The van der Waals surface area contributed by atoms with Gasteiger partial charge in [-0.05, 0) is 38.1 Å². The standard InChI is InChI=1S/C23H21N3O4S2/c1-14-20(15(2)30-26-14)13-32-22-19(8-5-9-24-22)23(27)29-11-17-12-31-21(25-17)16-6-4-7-18(10-16)28-3/h4-10,12H,11,13H2,1-3H3. The maximum atomic E-state index is 12.7. The number of pyridine rings is 1. The van der Waals surface area contributed by atoms with E-state index in [1.165, 1.54) is 23.1 Å². The van der Waals surface area contributed by atoms with Crippen molar-refractivity contribution in [1.29, 1.82) is 0 Å². The molecule has 3 heterocycles. The van der Waals surface area contributed by atoms with E-state index in [2.05, 4.69) is 15.1 Å². The van der Waals surface area contributed by atoms with Crippen LogP contribution in [0.1, 0.15) is 33.1 Å². The molecule has 0 N–H and O–H groups in total. The van der Waals surface area contributed by atoms with E-state index < -0.39 is 5.97 Å². The summed E-state index contributed by atoms with van der Waals surface area (Å²) in [6.45, 7) is 3.85. The van der Waals surface area contributed by atoms with Gasteiger partial charge in [-0.25, -0.2) is 14.8 Å². The number of nitrogens with zero attached hydrogens (tertiary/aromatic N) is 3. The molecule has 9 heteroatoms. The van der Waals surface area contributed by atoms with E-state index in [9.17, 15) is 4.79 Å². The van der Waals surface area contributed by atoms with Crippen molar-refractivity contribution in [3.8, 4) is 16.3 Å². The van der Waals surface area contributed by atoms with Gasteiger partial charge in [0.25, 0.3) is 0 Å². The molecule has 3 aromatic heterocycles. The zero-order chi connectivity index (χ0) is 22.5. The zero-order valence-corrected chi connectivity index (χ0v) is 19.5. The first kappa shape index (κ1) is 22.0. The molecule has 0 unspecified atom stereocenters. The molecule has 0 spiro atoms. The number of carbonyl (C=O) groups excluding carboxylic acids is 1. The zero-order valence-electron chi connectivity index (χ0n) is 17.8. The number of benzene rings is 1. The number of rotatable bonds is 8. The van der Waals surface area contributed by atoms with Gasteiger partial charge in [-0.1, -0.05) is 17.3 Å². The normalized spacial score (nSPS) is 10.8. The van der Waals surface area contributed by atoms with Gasteiger partial charge in [0.15, 0.2) is 0 Å². The van der Waals surface area contributed by atoms with Crippen LogP contribution in [0.5, 0.6) is 5.75 Å². The summed E-state index contributed by atoms with van der Waals surface area (Å²) in [6, 6.07) is 11.1. The van der Waals surface area contributed by atoms with E-state index in [0.717, 1.165) is 33.3 Å². The fourth-order valence-corrected chi connectivity index (χ4v) is 4.93. The van der Waals surface area contributed by atoms with Crippen LogP contribution < -0.4 is 4.74 Å². The molecule has 0 aliphatic carbocycles. The fourth-order valence-electron chi connectivity index (χ4n) is 2.99. The Balaban J connectivity index is 1.41. The van der Waals surface area contributed by atoms with Crippen LogP contribution in [0.3, 0.4) is 0 Å². The Labute approximate surface area is 193 Å². The molecule has 0 radical (unpaired) electrons. The van der Waals surface area contributed by atoms with Crippen LogP contribution in [-0.2, 0) is 17.1 Å². The predicted octanol–water partition coefficient (Wildman–Crippen LogP) is 5.47. The van der Waals surface area contributed by atoms with Gasteiger partial charge >= 0.3 is 5.97 Å². The smallest absolute Gasteiger partial charge is 0.341 e. The van der Waals surface area contributed by atoms with Crippen LogP contribution >= 0.6 is 23.1 Å². The second kappa shape index (κ2) is 9.97. The number of carbonyl (C=O) groups is 1. The lowest BCUT2D eigenvalue weighted by atomic mass is 10.2. The van der Waals surface area contributed by atoms with Crippen LogP contribution in [0.4, 0.5) is 0 Å².